The van der Waals surface area contributed by atoms with Crippen molar-refractivity contribution in [3.05, 3.63) is 0 Å². The zero-order valence-electron chi connectivity index (χ0n) is 7.88. The normalized spacial score (nSPS) is 34.6. The molecule has 1 saturated heterocycles. The van der Waals surface area contributed by atoms with Gasteiger partial charge in [0.25, 0.3) is 0 Å². The first-order valence-electron chi connectivity index (χ1n) is 4.37. The second-order valence-electron chi connectivity index (χ2n) is 3.13. The van der Waals surface area contributed by atoms with Crippen LogP contribution < -0.4 is 0 Å². The molecule has 1 aliphatic heterocycles. The predicted molar refractivity (Wildman–Crippen MR) is 54.9 cm³/mol. The van der Waals surface area contributed by atoms with Crippen molar-refractivity contribution in [1.29, 1.82) is 0 Å². The lowest BCUT2D eigenvalue weighted by Gasteiger charge is -2.17. The van der Waals surface area contributed by atoms with Crippen LogP contribution in [0.2, 0.25) is 0 Å². The Kier molecular flexibility index (Phi) is 5.44. The van der Waals surface area contributed by atoms with Crippen molar-refractivity contribution in [3.8, 4) is 0 Å². The Morgan fingerprint density at radius 1 is 1.71 bits per heavy atom. The first kappa shape index (κ1) is 12.5. The summed E-state index contributed by atoms with van der Waals surface area (Å²) in [5.41, 5.74) is 0. The molecule has 1 aliphatic rings. The molecule has 0 aromatic heterocycles. The van der Waals surface area contributed by atoms with Crippen LogP contribution in [0, 0.1) is 0 Å². The molecular weight excluding hydrogens is 227 g/mol. The maximum atomic E-state index is 10.4. The third kappa shape index (κ3) is 3.88. The van der Waals surface area contributed by atoms with Gasteiger partial charge < -0.3 is 18.9 Å². The molecule has 0 radical (unpaired) electrons. The fourth-order valence-electron chi connectivity index (χ4n) is 1.49. The monoisotopic (exact) mass is 242 g/mol. The fraction of sp³-hybridized carbons (Fsp3) is 1.00. The highest BCUT2D eigenvalue weighted by molar-refractivity contribution is 7.80. The Balaban J connectivity index is 2.36. The van der Waals surface area contributed by atoms with Crippen molar-refractivity contribution in [1.82, 2.24) is 0 Å². The fourth-order valence-corrected chi connectivity index (χ4v) is 1.99. The van der Waals surface area contributed by atoms with Crippen molar-refractivity contribution >= 4 is 20.9 Å². The van der Waals surface area contributed by atoms with Crippen LogP contribution in [0.4, 0.5) is 0 Å². The lowest BCUT2D eigenvalue weighted by atomic mass is 10.1. The van der Waals surface area contributed by atoms with Gasteiger partial charge >= 0.3 is 8.25 Å². The number of rotatable bonds is 5. The maximum Gasteiger partial charge on any atom is 0.316 e. The van der Waals surface area contributed by atoms with Gasteiger partial charge in [0.05, 0.1) is 24.8 Å². The SMILES string of the molecule is C[C@H]1CC(OCS)[C@@H](CO[PH](=O)O)O1. The molecule has 0 aliphatic carbocycles. The standard InChI is InChI=1S/C7H15O5PS/c1-5-2-6(10-4-14)7(12-5)3-11-13(8)9/h5-7,13-14H,2-4H2,1H3,(H,8,9)/t5-,6?,7+/m0/s1. The smallest absolute Gasteiger partial charge is 0.316 e. The summed E-state index contributed by atoms with van der Waals surface area (Å²) in [6.07, 6.45) is 0.498. The highest BCUT2D eigenvalue weighted by Crippen LogP contribution is 2.26. The van der Waals surface area contributed by atoms with E-state index in [0.29, 0.717) is 5.94 Å². The summed E-state index contributed by atoms with van der Waals surface area (Å²) in [4.78, 5) is 8.51. The molecule has 0 aromatic carbocycles. The van der Waals surface area contributed by atoms with E-state index in [1.54, 1.807) is 0 Å². The molecule has 1 fully saturated rings. The van der Waals surface area contributed by atoms with Gasteiger partial charge in [0.2, 0.25) is 0 Å². The lowest BCUT2D eigenvalue weighted by Crippen LogP contribution is -2.28. The van der Waals surface area contributed by atoms with Gasteiger partial charge in [0, 0.05) is 6.42 Å². The molecule has 14 heavy (non-hydrogen) atoms. The van der Waals surface area contributed by atoms with E-state index < -0.39 is 8.25 Å². The minimum Gasteiger partial charge on any atom is -0.370 e. The Morgan fingerprint density at radius 2 is 2.43 bits per heavy atom. The van der Waals surface area contributed by atoms with E-state index in [0.717, 1.165) is 6.42 Å². The predicted octanol–water partition coefficient (Wildman–Crippen LogP) is 0.835. The molecule has 7 heteroatoms. The van der Waals surface area contributed by atoms with Crippen LogP contribution in [-0.4, -0.2) is 35.8 Å². The molecule has 1 rings (SSSR count). The van der Waals surface area contributed by atoms with Crippen LogP contribution >= 0.6 is 20.9 Å². The van der Waals surface area contributed by atoms with Crippen molar-refractivity contribution < 1.29 is 23.5 Å². The van der Waals surface area contributed by atoms with Gasteiger partial charge in [-0.3, -0.25) is 4.57 Å². The summed E-state index contributed by atoms with van der Waals surface area (Å²) < 4.78 is 25.7. The number of hydrogen-bond acceptors (Lipinski definition) is 5. The highest BCUT2D eigenvalue weighted by atomic mass is 32.1. The summed E-state index contributed by atoms with van der Waals surface area (Å²) in [7, 11) is -2.88. The Hall–Kier alpha value is 0.420. The van der Waals surface area contributed by atoms with Crippen LogP contribution in [0.15, 0.2) is 0 Å². The second kappa shape index (κ2) is 6.10. The minimum atomic E-state index is -2.88. The van der Waals surface area contributed by atoms with Crippen molar-refractivity contribution in [3.63, 3.8) is 0 Å². The largest absolute Gasteiger partial charge is 0.370 e. The zero-order valence-corrected chi connectivity index (χ0v) is 9.78. The average molecular weight is 242 g/mol. The summed E-state index contributed by atoms with van der Waals surface area (Å²) in [6.45, 7) is 2.02. The van der Waals surface area contributed by atoms with E-state index >= 15 is 0 Å². The lowest BCUT2D eigenvalue weighted by molar-refractivity contribution is -0.0282. The molecule has 1 N–H and O–H groups in total. The second-order valence-corrected chi connectivity index (χ2v) is 4.21. The summed E-state index contributed by atoms with van der Waals surface area (Å²) >= 11 is 3.95. The molecule has 0 bridgehead atoms. The molecule has 0 spiro atoms. The molecule has 4 atom stereocenters. The van der Waals surface area contributed by atoms with Gasteiger partial charge in [0.15, 0.2) is 0 Å². The number of hydrogen-bond donors (Lipinski definition) is 2. The summed E-state index contributed by atoms with van der Waals surface area (Å²) in [6, 6.07) is 0. The van der Waals surface area contributed by atoms with E-state index in [1.807, 2.05) is 6.92 Å². The highest BCUT2D eigenvalue weighted by Gasteiger charge is 2.33. The number of thiol groups is 1. The zero-order chi connectivity index (χ0) is 10.6. The van der Waals surface area contributed by atoms with Crippen LogP contribution in [0.1, 0.15) is 13.3 Å². The third-order valence-electron chi connectivity index (χ3n) is 2.05. The van der Waals surface area contributed by atoms with Gasteiger partial charge in [-0.1, -0.05) is 0 Å². The topological polar surface area (TPSA) is 65.0 Å². The molecule has 0 saturated carbocycles. The van der Waals surface area contributed by atoms with Crippen molar-refractivity contribution in [2.45, 2.75) is 31.7 Å². The summed E-state index contributed by atoms with van der Waals surface area (Å²) in [5.74, 6) is 0.311. The first-order valence-corrected chi connectivity index (χ1v) is 6.26. The Morgan fingerprint density at radius 3 is 3.00 bits per heavy atom. The van der Waals surface area contributed by atoms with Gasteiger partial charge in [-0.15, -0.1) is 0 Å². The molecule has 84 valence electrons. The Bertz CT molecular complexity index is 203. The molecule has 0 aromatic rings. The summed E-state index contributed by atoms with van der Waals surface area (Å²) in [5, 5.41) is 0. The molecule has 0 amide bonds. The van der Waals surface area contributed by atoms with Gasteiger partial charge in [-0.05, 0) is 6.92 Å². The van der Waals surface area contributed by atoms with Crippen LogP contribution in [0.25, 0.3) is 0 Å². The molecule has 5 nitrogen and oxygen atoms in total. The van der Waals surface area contributed by atoms with Crippen LogP contribution in [0.5, 0.6) is 0 Å². The van der Waals surface area contributed by atoms with E-state index in [4.69, 9.17) is 14.4 Å². The molecule has 2 unspecified atom stereocenters. The average Bonchev–Trinajstić information content (AvgIpc) is 2.44. The van der Waals surface area contributed by atoms with Crippen molar-refractivity contribution in [2.75, 3.05) is 12.5 Å². The van der Waals surface area contributed by atoms with Gasteiger partial charge in [-0.25, -0.2) is 0 Å². The van der Waals surface area contributed by atoms with E-state index in [9.17, 15) is 4.57 Å². The van der Waals surface area contributed by atoms with Crippen molar-refractivity contribution in [2.24, 2.45) is 0 Å². The maximum absolute atomic E-state index is 10.4. The first-order chi connectivity index (χ1) is 6.63. The number of ether oxygens (including phenoxy) is 2. The quantitative estimate of drug-likeness (QED) is 0.425. The van der Waals surface area contributed by atoms with Crippen LogP contribution in [0.3, 0.4) is 0 Å². The van der Waals surface area contributed by atoms with Gasteiger partial charge in [0.1, 0.15) is 6.10 Å². The van der Waals surface area contributed by atoms with E-state index in [2.05, 4.69) is 17.2 Å². The Labute approximate surface area is 89.1 Å². The molecular formula is C7H15O5PS. The van der Waals surface area contributed by atoms with Crippen LogP contribution in [-0.2, 0) is 18.6 Å². The molecule has 1 heterocycles. The third-order valence-corrected chi connectivity index (χ3v) is 2.61. The van der Waals surface area contributed by atoms with Gasteiger partial charge in [-0.2, -0.15) is 12.6 Å². The van der Waals surface area contributed by atoms with E-state index in [-0.39, 0.29) is 24.9 Å². The van der Waals surface area contributed by atoms with E-state index in [1.165, 1.54) is 0 Å². The minimum absolute atomic E-state index is 0.0921.